The first-order valence-electron chi connectivity index (χ1n) is 6.64. The van der Waals surface area contributed by atoms with Crippen LogP contribution in [0.2, 0.25) is 0 Å². The lowest BCUT2D eigenvalue weighted by Crippen LogP contribution is -2.33. The van der Waals surface area contributed by atoms with Gasteiger partial charge in [-0.15, -0.1) is 0 Å². The largest absolute Gasteiger partial charge is 0.481 e. The maximum Gasteiger partial charge on any atom is 0.338 e. The fourth-order valence-corrected chi connectivity index (χ4v) is 1.65. The van der Waals surface area contributed by atoms with Crippen molar-refractivity contribution in [2.75, 3.05) is 6.61 Å². The molecular formula is C13H20N2O6. The van der Waals surface area contributed by atoms with Crippen LogP contribution in [0.1, 0.15) is 39.0 Å². The van der Waals surface area contributed by atoms with Gasteiger partial charge >= 0.3 is 17.9 Å². The summed E-state index contributed by atoms with van der Waals surface area (Å²) in [6.07, 6.45) is 1.17. The van der Waals surface area contributed by atoms with E-state index >= 15 is 0 Å². The second kappa shape index (κ2) is 10.6. The molecule has 0 spiro atoms. The van der Waals surface area contributed by atoms with Crippen LogP contribution in [0.4, 0.5) is 0 Å². The highest BCUT2D eigenvalue weighted by molar-refractivity contribution is 5.95. The van der Waals surface area contributed by atoms with E-state index < -0.39 is 29.7 Å². The number of nitrogens with zero attached hydrogens (tertiary/aromatic N) is 1. The van der Waals surface area contributed by atoms with Gasteiger partial charge < -0.3 is 14.7 Å². The molecule has 0 aliphatic carbocycles. The summed E-state index contributed by atoms with van der Waals surface area (Å²) in [5.74, 6) is -0.751. The van der Waals surface area contributed by atoms with E-state index in [0.717, 1.165) is 6.42 Å². The number of nitriles is 1. The van der Waals surface area contributed by atoms with Crippen molar-refractivity contribution in [3.63, 3.8) is 0 Å². The molecule has 0 fully saturated rings. The highest BCUT2D eigenvalue weighted by Crippen LogP contribution is 2.20. The van der Waals surface area contributed by atoms with E-state index in [0.29, 0.717) is 6.42 Å². The molecule has 0 aliphatic heterocycles. The molecule has 0 aliphatic rings. The van der Waals surface area contributed by atoms with E-state index in [1.54, 1.807) is 0 Å². The first-order chi connectivity index (χ1) is 9.97. The Bertz CT molecular complexity index is 404. The zero-order chi connectivity index (χ0) is 16.3. The standard InChI is InChI=1S/C13H20N2O6/c1-2-3-7-20-12(18)10(13(19)21-15)8-9(11(16)17)5-4-6-14/h9-10H,2-5,7-8,15H2,1H3,(H,16,17)/t9-,10-/m0/s1. The Morgan fingerprint density at radius 2 is 2.00 bits per heavy atom. The van der Waals surface area contributed by atoms with Crippen molar-refractivity contribution in [3.05, 3.63) is 0 Å². The molecule has 0 unspecified atom stereocenters. The average Bonchev–Trinajstić information content (AvgIpc) is 2.46. The minimum Gasteiger partial charge on any atom is -0.481 e. The fourth-order valence-electron chi connectivity index (χ4n) is 1.65. The highest BCUT2D eigenvalue weighted by Gasteiger charge is 2.34. The number of carboxylic acids is 1. The number of carbonyl (C=O) groups is 3. The fraction of sp³-hybridized carbons (Fsp3) is 0.692. The lowest BCUT2D eigenvalue weighted by Gasteiger charge is -2.17. The predicted octanol–water partition coefficient (Wildman–Crippen LogP) is 0.757. The minimum absolute atomic E-state index is 0.00619. The van der Waals surface area contributed by atoms with Crippen molar-refractivity contribution in [2.24, 2.45) is 17.7 Å². The number of aliphatic carboxylic acids is 1. The zero-order valence-corrected chi connectivity index (χ0v) is 11.9. The van der Waals surface area contributed by atoms with Crippen LogP contribution in [-0.4, -0.2) is 29.6 Å². The van der Waals surface area contributed by atoms with Crippen LogP contribution in [0.15, 0.2) is 0 Å². The number of ether oxygens (including phenoxy) is 1. The van der Waals surface area contributed by atoms with Crippen LogP contribution in [0.25, 0.3) is 0 Å². The second-order valence-corrected chi connectivity index (χ2v) is 4.48. The predicted molar refractivity (Wildman–Crippen MR) is 70.2 cm³/mol. The molecule has 2 atom stereocenters. The Balaban J connectivity index is 4.80. The van der Waals surface area contributed by atoms with Gasteiger partial charge in [-0.3, -0.25) is 9.59 Å². The number of carboxylic acid groups (broad SMARTS) is 1. The van der Waals surface area contributed by atoms with Gasteiger partial charge in [-0.1, -0.05) is 13.3 Å². The van der Waals surface area contributed by atoms with Gasteiger partial charge in [-0.25, -0.2) is 4.79 Å². The molecular weight excluding hydrogens is 280 g/mol. The van der Waals surface area contributed by atoms with E-state index in [1.165, 1.54) is 0 Å². The normalized spacial score (nSPS) is 12.8. The highest BCUT2D eigenvalue weighted by atomic mass is 16.7. The van der Waals surface area contributed by atoms with E-state index in [9.17, 15) is 14.4 Å². The van der Waals surface area contributed by atoms with E-state index in [2.05, 4.69) is 4.84 Å². The summed E-state index contributed by atoms with van der Waals surface area (Å²) >= 11 is 0. The summed E-state index contributed by atoms with van der Waals surface area (Å²) in [5.41, 5.74) is 0. The van der Waals surface area contributed by atoms with Gasteiger partial charge in [-0.2, -0.15) is 11.2 Å². The molecule has 0 saturated heterocycles. The Morgan fingerprint density at radius 1 is 1.33 bits per heavy atom. The van der Waals surface area contributed by atoms with Gasteiger partial charge in [0, 0.05) is 6.42 Å². The van der Waals surface area contributed by atoms with Crippen molar-refractivity contribution in [2.45, 2.75) is 39.0 Å². The van der Waals surface area contributed by atoms with Crippen LogP contribution in [0.3, 0.4) is 0 Å². The van der Waals surface area contributed by atoms with Crippen molar-refractivity contribution >= 4 is 17.9 Å². The Kier molecular flexibility index (Phi) is 9.54. The van der Waals surface area contributed by atoms with Gasteiger partial charge in [-0.05, 0) is 19.3 Å². The van der Waals surface area contributed by atoms with E-state index in [-0.39, 0.29) is 25.9 Å². The SMILES string of the molecule is CCCCOC(=O)[C@H](C[C@H](CCC#N)C(=O)O)C(=O)ON. The molecule has 118 valence electrons. The number of carbonyl (C=O) groups excluding carboxylic acids is 2. The Morgan fingerprint density at radius 3 is 2.48 bits per heavy atom. The van der Waals surface area contributed by atoms with Crippen LogP contribution < -0.4 is 5.90 Å². The second-order valence-electron chi connectivity index (χ2n) is 4.48. The Labute approximate surface area is 122 Å². The molecule has 0 rings (SSSR count). The summed E-state index contributed by atoms with van der Waals surface area (Å²) in [7, 11) is 0. The molecule has 0 saturated carbocycles. The molecule has 3 N–H and O–H groups in total. The van der Waals surface area contributed by atoms with Crippen LogP contribution >= 0.6 is 0 Å². The van der Waals surface area contributed by atoms with Crippen LogP contribution in [0, 0.1) is 23.2 Å². The minimum atomic E-state index is -1.40. The molecule has 0 amide bonds. The molecule has 0 bridgehead atoms. The smallest absolute Gasteiger partial charge is 0.338 e. The number of unbranched alkanes of at least 4 members (excludes halogenated alkanes) is 1. The zero-order valence-electron chi connectivity index (χ0n) is 11.9. The van der Waals surface area contributed by atoms with Crippen LogP contribution in [-0.2, 0) is 24.0 Å². The van der Waals surface area contributed by atoms with Crippen molar-refractivity contribution < 1.29 is 29.1 Å². The van der Waals surface area contributed by atoms with Crippen molar-refractivity contribution in [1.82, 2.24) is 0 Å². The van der Waals surface area contributed by atoms with Gasteiger partial charge in [0.2, 0.25) is 0 Å². The topological polar surface area (TPSA) is 140 Å². The van der Waals surface area contributed by atoms with E-state index in [1.807, 2.05) is 13.0 Å². The lowest BCUT2D eigenvalue weighted by atomic mass is 9.91. The molecule has 8 nitrogen and oxygen atoms in total. The summed E-state index contributed by atoms with van der Waals surface area (Å²) < 4.78 is 4.90. The summed E-state index contributed by atoms with van der Waals surface area (Å²) in [5, 5.41) is 17.5. The first-order valence-corrected chi connectivity index (χ1v) is 6.64. The molecule has 8 heteroatoms. The molecule has 0 radical (unpaired) electrons. The summed E-state index contributed by atoms with van der Waals surface area (Å²) in [4.78, 5) is 38.4. The number of hydrogen-bond donors (Lipinski definition) is 2. The monoisotopic (exact) mass is 300 g/mol. The molecule has 0 aromatic heterocycles. The van der Waals surface area contributed by atoms with Gasteiger partial charge in [0.05, 0.1) is 18.6 Å². The lowest BCUT2D eigenvalue weighted by molar-refractivity contribution is -0.164. The summed E-state index contributed by atoms with van der Waals surface area (Å²) in [6, 6.07) is 1.82. The number of nitrogens with two attached hydrogens (primary N) is 1. The Hall–Kier alpha value is -2.14. The van der Waals surface area contributed by atoms with Crippen molar-refractivity contribution in [1.29, 1.82) is 5.26 Å². The maximum absolute atomic E-state index is 11.8. The van der Waals surface area contributed by atoms with Gasteiger partial charge in [0.25, 0.3) is 0 Å². The van der Waals surface area contributed by atoms with E-state index in [4.69, 9.17) is 21.0 Å². The number of rotatable bonds is 10. The van der Waals surface area contributed by atoms with Gasteiger partial charge in [0.1, 0.15) is 0 Å². The first kappa shape index (κ1) is 18.9. The van der Waals surface area contributed by atoms with Crippen LogP contribution in [0.5, 0.6) is 0 Å². The maximum atomic E-state index is 11.8. The third kappa shape index (κ3) is 7.27. The molecule has 21 heavy (non-hydrogen) atoms. The summed E-state index contributed by atoms with van der Waals surface area (Å²) in [6.45, 7) is 2.04. The molecule has 0 aromatic rings. The quantitative estimate of drug-likeness (QED) is 0.261. The third-order valence-corrected chi connectivity index (χ3v) is 2.90. The molecule has 0 heterocycles. The van der Waals surface area contributed by atoms with Gasteiger partial charge in [0.15, 0.2) is 5.92 Å². The molecule has 0 aromatic carbocycles. The number of esters is 1. The number of hydrogen-bond acceptors (Lipinski definition) is 7. The van der Waals surface area contributed by atoms with Crippen molar-refractivity contribution in [3.8, 4) is 6.07 Å². The average molecular weight is 300 g/mol. The third-order valence-electron chi connectivity index (χ3n) is 2.90.